The fourth-order valence-electron chi connectivity index (χ4n) is 2.72. The Hall–Kier alpha value is -1.70. The number of nitrogens with two attached hydrogens (primary N) is 1. The molecule has 1 saturated heterocycles. The molecule has 1 aliphatic rings. The molecule has 120 valence electrons. The molecule has 0 radical (unpaired) electrons. The summed E-state index contributed by atoms with van der Waals surface area (Å²) in [5.74, 6) is -0.415. The van der Waals surface area contributed by atoms with E-state index in [0.717, 1.165) is 21.5 Å². The maximum Gasteiger partial charge on any atom is 0.258 e. The lowest BCUT2D eigenvalue weighted by atomic mass is 10.0. The number of nitrogens with zero attached hydrogens (tertiary/aromatic N) is 1. The number of carbonyl (C=O) groups is 2. The smallest absolute Gasteiger partial charge is 0.258 e. The van der Waals surface area contributed by atoms with Crippen molar-refractivity contribution in [2.24, 2.45) is 5.73 Å². The zero-order valence-corrected chi connectivity index (χ0v) is 14.7. The van der Waals surface area contributed by atoms with Crippen LogP contribution >= 0.6 is 27.3 Å². The lowest BCUT2D eigenvalue weighted by Crippen LogP contribution is -2.49. The number of halogens is 1. The molecule has 1 aliphatic heterocycles. The average molecular weight is 394 g/mol. The van der Waals surface area contributed by atoms with Gasteiger partial charge in [-0.1, -0.05) is 28.1 Å². The highest BCUT2D eigenvalue weighted by molar-refractivity contribution is 9.10. The highest BCUT2D eigenvalue weighted by Crippen LogP contribution is 2.28. The van der Waals surface area contributed by atoms with Crippen molar-refractivity contribution in [3.8, 4) is 0 Å². The van der Waals surface area contributed by atoms with Gasteiger partial charge in [-0.15, -0.1) is 11.3 Å². The summed E-state index contributed by atoms with van der Waals surface area (Å²) in [4.78, 5) is 27.3. The number of hydrogen-bond acceptors (Lipinski definition) is 4. The number of thiophene rings is 1. The first-order chi connectivity index (χ1) is 11.0. The van der Waals surface area contributed by atoms with Crippen molar-refractivity contribution in [2.75, 3.05) is 13.1 Å². The second kappa shape index (κ2) is 6.82. The minimum absolute atomic E-state index is 0.000954. The monoisotopic (exact) mass is 393 g/mol. The Bertz CT molecular complexity index is 746. The van der Waals surface area contributed by atoms with Gasteiger partial charge in [0, 0.05) is 29.0 Å². The Labute approximate surface area is 146 Å². The van der Waals surface area contributed by atoms with Gasteiger partial charge in [0.05, 0.1) is 4.88 Å². The van der Waals surface area contributed by atoms with Gasteiger partial charge in [-0.3, -0.25) is 14.5 Å². The van der Waals surface area contributed by atoms with Gasteiger partial charge >= 0.3 is 0 Å². The molecule has 2 aromatic rings. The van der Waals surface area contributed by atoms with Crippen molar-refractivity contribution in [3.05, 3.63) is 56.2 Å². The van der Waals surface area contributed by atoms with Gasteiger partial charge in [0.15, 0.2) is 0 Å². The van der Waals surface area contributed by atoms with Crippen LogP contribution in [0.5, 0.6) is 0 Å². The Morgan fingerprint density at radius 2 is 2.22 bits per heavy atom. The van der Waals surface area contributed by atoms with E-state index in [0.29, 0.717) is 18.0 Å². The van der Waals surface area contributed by atoms with Gasteiger partial charge < -0.3 is 11.1 Å². The molecule has 2 heterocycles. The summed E-state index contributed by atoms with van der Waals surface area (Å²) in [5, 5.41) is 2.92. The molecule has 1 aromatic carbocycles. The van der Waals surface area contributed by atoms with Crippen LogP contribution in [0.25, 0.3) is 0 Å². The lowest BCUT2D eigenvalue weighted by Gasteiger charge is -2.35. The van der Waals surface area contributed by atoms with Crippen LogP contribution in [0.4, 0.5) is 0 Å². The number of nitrogens with one attached hydrogen (secondary N) is 1. The van der Waals surface area contributed by atoms with Crippen LogP contribution < -0.4 is 11.1 Å². The van der Waals surface area contributed by atoms with Crippen molar-refractivity contribution in [2.45, 2.75) is 12.6 Å². The van der Waals surface area contributed by atoms with Crippen molar-refractivity contribution in [3.63, 3.8) is 0 Å². The Kier molecular flexibility index (Phi) is 4.79. The van der Waals surface area contributed by atoms with E-state index in [-0.39, 0.29) is 11.9 Å². The largest absolute Gasteiger partial charge is 0.365 e. The molecule has 5 nitrogen and oxygen atoms in total. The summed E-state index contributed by atoms with van der Waals surface area (Å²) < 4.78 is 0.945. The first-order valence-electron chi connectivity index (χ1n) is 7.20. The standard InChI is InChI=1S/C16H16BrN3O2S/c17-11-3-1-2-10(8-11)14-16(22)19-6-7-20(14)9-12-4-5-13(23-12)15(18)21/h1-5,8,14H,6-7,9H2,(H2,18,21)(H,19,22). The van der Waals surface area contributed by atoms with Crippen molar-refractivity contribution in [1.82, 2.24) is 10.2 Å². The van der Waals surface area contributed by atoms with E-state index in [9.17, 15) is 9.59 Å². The fraction of sp³-hybridized carbons (Fsp3) is 0.250. The normalized spacial score (nSPS) is 18.7. The number of piperazine rings is 1. The molecule has 1 atom stereocenters. The molecule has 0 spiro atoms. The topological polar surface area (TPSA) is 75.4 Å². The highest BCUT2D eigenvalue weighted by atomic mass is 79.9. The van der Waals surface area contributed by atoms with Crippen molar-refractivity contribution < 1.29 is 9.59 Å². The van der Waals surface area contributed by atoms with E-state index in [4.69, 9.17) is 5.73 Å². The van der Waals surface area contributed by atoms with E-state index >= 15 is 0 Å². The van der Waals surface area contributed by atoms with Gasteiger partial charge in [-0.2, -0.15) is 0 Å². The number of hydrogen-bond donors (Lipinski definition) is 2. The molecule has 2 amide bonds. The molecule has 1 fully saturated rings. The van der Waals surface area contributed by atoms with E-state index in [1.807, 2.05) is 30.3 Å². The molecule has 3 N–H and O–H groups in total. The number of carbonyl (C=O) groups excluding carboxylic acids is 2. The molecule has 3 rings (SSSR count). The van der Waals surface area contributed by atoms with E-state index in [1.165, 1.54) is 11.3 Å². The second-order valence-corrected chi connectivity index (χ2v) is 7.43. The van der Waals surface area contributed by atoms with Crippen LogP contribution in [0.1, 0.15) is 26.2 Å². The van der Waals surface area contributed by atoms with Crippen LogP contribution in [-0.2, 0) is 11.3 Å². The zero-order chi connectivity index (χ0) is 16.4. The second-order valence-electron chi connectivity index (χ2n) is 5.35. The zero-order valence-electron chi connectivity index (χ0n) is 12.3. The molecular formula is C16H16BrN3O2S. The third-order valence-electron chi connectivity index (χ3n) is 3.74. The predicted molar refractivity (Wildman–Crippen MR) is 93.1 cm³/mol. The number of rotatable bonds is 4. The number of benzene rings is 1. The Morgan fingerprint density at radius 1 is 1.39 bits per heavy atom. The molecule has 0 saturated carbocycles. The van der Waals surface area contributed by atoms with Crippen LogP contribution in [0, 0.1) is 0 Å². The quantitative estimate of drug-likeness (QED) is 0.836. The van der Waals surface area contributed by atoms with Crippen LogP contribution in [-0.4, -0.2) is 29.8 Å². The summed E-state index contributed by atoms with van der Waals surface area (Å²) in [6.07, 6.45) is 0. The molecular weight excluding hydrogens is 378 g/mol. The summed E-state index contributed by atoms with van der Waals surface area (Å²) in [7, 11) is 0. The third-order valence-corrected chi connectivity index (χ3v) is 5.32. The molecule has 0 aliphatic carbocycles. The molecule has 1 aromatic heterocycles. The maximum atomic E-state index is 12.4. The first kappa shape index (κ1) is 16.2. The number of amides is 2. The fourth-order valence-corrected chi connectivity index (χ4v) is 4.02. The minimum Gasteiger partial charge on any atom is -0.365 e. The van der Waals surface area contributed by atoms with Gasteiger partial charge in [0.25, 0.3) is 5.91 Å². The van der Waals surface area contributed by atoms with E-state index < -0.39 is 5.91 Å². The maximum absolute atomic E-state index is 12.4. The first-order valence-corrected chi connectivity index (χ1v) is 8.81. The van der Waals surface area contributed by atoms with Gasteiger partial charge in [-0.25, -0.2) is 0 Å². The van der Waals surface area contributed by atoms with Gasteiger partial charge in [0.1, 0.15) is 6.04 Å². The van der Waals surface area contributed by atoms with E-state index in [1.54, 1.807) is 6.07 Å². The van der Waals surface area contributed by atoms with Crippen molar-refractivity contribution >= 4 is 39.1 Å². The van der Waals surface area contributed by atoms with Gasteiger partial charge in [-0.05, 0) is 29.8 Å². The van der Waals surface area contributed by atoms with Crippen LogP contribution in [0.3, 0.4) is 0 Å². The lowest BCUT2D eigenvalue weighted by molar-refractivity contribution is -0.129. The Balaban J connectivity index is 1.85. The summed E-state index contributed by atoms with van der Waals surface area (Å²) in [6.45, 7) is 1.99. The Morgan fingerprint density at radius 3 is 2.91 bits per heavy atom. The SMILES string of the molecule is NC(=O)c1ccc(CN2CCNC(=O)C2c2cccc(Br)c2)s1. The minimum atomic E-state index is -0.416. The molecule has 1 unspecified atom stereocenters. The van der Waals surface area contributed by atoms with Crippen LogP contribution in [0.2, 0.25) is 0 Å². The summed E-state index contributed by atoms with van der Waals surface area (Å²) >= 11 is 4.83. The van der Waals surface area contributed by atoms with Crippen LogP contribution in [0.15, 0.2) is 40.9 Å². The summed E-state index contributed by atoms with van der Waals surface area (Å²) in [5.41, 5.74) is 6.25. The van der Waals surface area contributed by atoms with Gasteiger partial charge in [0.2, 0.25) is 5.91 Å². The highest BCUT2D eigenvalue weighted by Gasteiger charge is 2.31. The molecule has 23 heavy (non-hydrogen) atoms. The van der Waals surface area contributed by atoms with E-state index in [2.05, 4.69) is 26.1 Å². The molecule has 0 bridgehead atoms. The van der Waals surface area contributed by atoms with Crippen molar-refractivity contribution in [1.29, 1.82) is 0 Å². The third kappa shape index (κ3) is 3.63. The molecule has 7 heteroatoms. The average Bonchev–Trinajstić information content (AvgIpc) is 2.96. The number of primary amides is 1. The predicted octanol–water partition coefficient (Wildman–Crippen LogP) is 2.28. The summed E-state index contributed by atoms with van der Waals surface area (Å²) in [6, 6.07) is 11.1.